The summed E-state index contributed by atoms with van der Waals surface area (Å²) in [7, 11) is 0. The molecule has 1 aromatic carbocycles. The molecule has 0 N–H and O–H groups in total. The van der Waals surface area contributed by atoms with Gasteiger partial charge < -0.3 is 4.74 Å². The fourth-order valence-corrected chi connectivity index (χ4v) is 2.42. The molecule has 1 saturated heterocycles. The molecule has 1 aromatic rings. The Morgan fingerprint density at radius 1 is 1.50 bits per heavy atom. The van der Waals surface area contributed by atoms with Crippen molar-refractivity contribution in [3.05, 3.63) is 47.5 Å². The summed E-state index contributed by atoms with van der Waals surface area (Å²) in [6, 6.07) is 7.47. The van der Waals surface area contributed by atoms with E-state index in [0.717, 1.165) is 18.4 Å². The molecule has 2 rings (SSSR count). The van der Waals surface area contributed by atoms with Crippen LogP contribution in [0.15, 0.2) is 36.9 Å². The SMILES string of the molecule is C=CC[C@@]1(C)CC[C@H](c2ccc(Cl)cc2)OC1=O. The largest absolute Gasteiger partial charge is 0.457 e. The Labute approximate surface area is 113 Å². The first-order valence-electron chi connectivity index (χ1n) is 6.12. The van der Waals surface area contributed by atoms with Gasteiger partial charge in [0.25, 0.3) is 0 Å². The third-order valence-electron chi connectivity index (χ3n) is 3.54. The molecule has 1 heterocycles. The lowest BCUT2D eigenvalue weighted by molar-refractivity contribution is -0.169. The maximum atomic E-state index is 12.1. The van der Waals surface area contributed by atoms with Crippen LogP contribution in [0, 0.1) is 5.41 Å². The Morgan fingerprint density at radius 3 is 2.72 bits per heavy atom. The Balaban J connectivity index is 2.10. The minimum Gasteiger partial charge on any atom is -0.457 e. The summed E-state index contributed by atoms with van der Waals surface area (Å²) < 4.78 is 5.55. The van der Waals surface area contributed by atoms with E-state index in [0.29, 0.717) is 11.4 Å². The van der Waals surface area contributed by atoms with Gasteiger partial charge in [0.05, 0.1) is 5.41 Å². The molecule has 0 bridgehead atoms. The standard InChI is InChI=1S/C15H17ClO2/c1-3-9-15(2)10-8-13(18-14(15)17)11-4-6-12(16)7-5-11/h3-7,13H,1,8-10H2,2H3/t13-,15+/m1/s1. The molecule has 0 aromatic heterocycles. The van der Waals surface area contributed by atoms with Crippen LogP contribution in [0.5, 0.6) is 0 Å². The first-order chi connectivity index (χ1) is 8.55. The molecule has 0 aliphatic carbocycles. The zero-order chi connectivity index (χ0) is 13.2. The molecule has 0 unspecified atom stereocenters. The first kappa shape index (κ1) is 13.2. The van der Waals surface area contributed by atoms with E-state index in [4.69, 9.17) is 16.3 Å². The van der Waals surface area contributed by atoms with E-state index >= 15 is 0 Å². The number of ether oxygens (including phenoxy) is 1. The number of rotatable bonds is 3. The van der Waals surface area contributed by atoms with Crippen molar-refractivity contribution < 1.29 is 9.53 Å². The summed E-state index contributed by atoms with van der Waals surface area (Å²) in [6.45, 7) is 5.64. The van der Waals surface area contributed by atoms with Gasteiger partial charge in [0.15, 0.2) is 0 Å². The normalized spacial score (nSPS) is 27.7. The molecule has 0 radical (unpaired) electrons. The van der Waals surface area contributed by atoms with Crippen molar-refractivity contribution in [1.29, 1.82) is 0 Å². The average molecular weight is 265 g/mol. The summed E-state index contributed by atoms with van der Waals surface area (Å²) >= 11 is 5.85. The Kier molecular flexibility index (Phi) is 3.76. The second-order valence-electron chi connectivity index (χ2n) is 5.04. The van der Waals surface area contributed by atoms with Gasteiger partial charge in [-0.1, -0.05) is 29.8 Å². The van der Waals surface area contributed by atoms with Crippen molar-refractivity contribution in [3.8, 4) is 0 Å². The Bertz CT molecular complexity index is 452. The zero-order valence-electron chi connectivity index (χ0n) is 10.5. The van der Waals surface area contributed by atoms with E-state index in [1.807, 2.05) is 31.2 Å². The van der Waals surface area contributed by atoms with Crippen LogP contribution in [0.25, 0.3) is 0 Å². The van der Waals surface area contributed by atoms with Crippen molar-refractivity contribution in [1.82, 2.24) is 0 Å². The topological polar surface area (TPSA) is 26.3 Å². The molecule has 0 amide bonds. The van der Waals surface area contributed by atoms with Gasteiger partial charge in [-0.2, -0.15) is 0 Å². The van der Waals surface area contributed by atoms with Gasteiger partial charge >= 0.3 is 5.97 Å². The molecule has 2 nitrogen and oxygen atoms in total. The third kappa shape index (κ3) is 2.59. The number of hydrogen-bond donors (Lipinski definition) is 0. The minimum absolute atomic E-state index is 0.131. The lowest BCUT2D eigenvalue weighted by Gasteiger charge is -2.35. The molecular weight excluding hydrogens is 248 g/mol. The fraction of sp³-hybridized carbons (Fsp3) is 0.400. The number of hydrogen-bond acceptors (Lipinski definition) is 2. The molecule has 2 atom stereocenters. The van der Waals surface area contributed by atoms with E-state index in [1.54, 1.807) is 6.08 Å². The van der Waals surface area contributed by atoms with Crippen molar-refractivity contribution in [2.75, 3.05) is 0 Å². The molecule has 1 aliphatic rings. The second kappa shape index (κ2) is 5.15. The van der Waals surface area contributed by atoms with Gasteiger partial charge in [-0.3, -0.25) is 4.79 Å². The lowest BCUT2D eigenvalue weighted by atomic mass is 9.78. The fourth-order valence-electron chi connectivity index (χ4n) is 2.30. The van der Waals surface area contributed by atoms with Crippen molar-refractivity contribution >= 4 is 17.6 Å². The van der Waals surface area contributed by atoms with Crippen LogP contribution in [0.3, 0.4) is 0 Å². The van der Waals surface area contributed by atoms with Gasteiger partial charge in [0, 0.05) is 5.02 Å². The average Bonchev–Trinajstić information content (AvgIpc) is 2.34. The highest BCUT2D eigenvalue weighted by molar-refractivity contribution is 6.30. The summed E-state index contributed by atoms with van der Waals surface area (Å²) in [6.07, 6.45) is 3.97. The number of cyclic esters (lactones) is 1. The van der Waals surface area contributed by atoms with Crippen LogP contribution < -0.4 is 0 Å². The maximum absolute atomic E-state index is 12.1. The predicted molar refractivity (Wildman–Crippen MR) is 72.4 cm³/mol. The molecule has 18 heavy (non-hydrogen) atoms. The molecular formula is C15H17ClO2. The summed E-state index contributed by atoms with van der Waals surface area (Å²) in [5.74, 6) is -0.131. The van der Waals surface area contributed by atoms with Gasteiger partial charge in [-0.15, -0.1) is 6.58 Å². The maximum Gasteiger partial charge on any atom is 0.312 e. The summed E-state index contributed by atoms with van der Waals surface area (Å²) in [4.78, 5) is 12.1. The summed E-state index contributed by atoms with van der Waals surface area (Å²) in [5.41, 5.74) is 0.596. The van der Waals surface area contributed by atoms with Crippen LogP contribution >= 0.6 is 11.6 Å². The zero-order valence-corrected chi connectivity index (χ0v) is 11.2. The highest BCUT2D eigenvalue weighted by Crippen LogP contribution is 2.40. The smallest absolute Gasteiger partial charge is 0.312 e. The van der Waals surface area contributed by atoms with E-state index < -0.39 is 5.41 Å². The third-order valence-corrected chi connectivity index (χ3v) is 3.79. The number of allylic oxidation sites excluding steroid dienone is 1. The highest BCUT2D eigenvalue weighted by Gasteiger charge is 2.40. The van der Waals surface area contributed by atoms with Gasteiger partial charge in [0.2, 0.25) is 0 Å². The van der Waals surface area contributed by atoms with Crippen molar-refractivity contribution in [2.24, 2.45) is 5.41 Å². The molecule has 3 heteroatoms. The lowest BCUT2D eigenvalue weighted by Crippen LogP contribution is -2.35. The number of esters is 1. The van der Waals surface area contributed by atoms with E-state index in [1.165, 1.54) is 0 Å². The minimum atomic E-state index is -0.412. The van der Waals surface area contributed by atoms with Gasteiger partial charge in [-0.05, 0) is 43.9 Å². The Hall–Kier alpha value is -1.28. The number of carbonyl (C=O) groups excluding carboxylic acids is 1. The summed E-state index contributed by atoms with van der Waals surface area (Å²) in [5, 5.41) is 0.692. The van der Waals surface area contributed by atoms with Crippen LogP contribution in [0.1, 0.15) is 37.9 Å². The Morgan fingerprint density at radius 2 is 2.17 bits per heavy atom. The predicted octanol–water partition coefficient (Wildman–Crippen LogP) is 4.30. The van der Waals surface area contributed by atoms with Crippen LogP contribution in [0.2, 0.25) is 5.02 Å². The van der Waals surface area contributed by atoms with Crippen molar-refractivity contribution in [3.63, 3.8) is 0 Å². The molecule has 1 aliphatic heterocycles. The van der Waals surface area contributed by atoms with E-state index in [9.17, 15) is 4.79 Å². The molecule has 0 saturated carbocycles. The number of halogens is 1. The van der Waals surface area contributed by atoms with E-state index in [2.05, 4.69) is 6.58 Å². The molecule has 96 valence electrons. The number of carbonyl (C=O) groups is 1. The van der Waals surface area contributed by atoms with Gasteiger partial charge in [0.1, 0.15) is 6.10 Å². The monoisotopic (exact) mass is 264 g/mol. The van der Waals surface area contributed by atoms with Crippen molar-refractivity contribution in [2.45, 2.75) is 32.3 Å². The van der Waals surface area contributed by atoms with E-state index in [-0.39, 0.29) is 12.1 Å². The van der Waals surface area contributed by atoms with Crippen LogP contribution in [-0.4, -0.2) is 5.97 Å². The molecule has 0 spiro atoms. The quantitative estimate of drug-likeness (QED) is 0.601. The van der Waals surface area contributed by atoms with Crippen LogP contribution in [0.4, 0.5) is 0 Å². The number of benzene rings is 1. The second-order valence-corrected chi connectivity index (χ2v) is 5.47. The van der Waals surface area contributed by atoms with Gasteiger partial charge in [-0.25, -0.2) is 0 Å². The molecule has 1 fully saturated rings. The highest BCUT2D eigenvalue weighted by atomic mass is 35.5. The van der Waals surface area contributed by atoms with Crippen LogP contribution in [-0.2, 0) is 9.53 Å². The first-order valence-corrected chi connectivity index (χ1v) is 6.50.